The van der Waals surface area contributed by atoms with Gasteiger partial charge in [0.2, 0.25) is 0 Å². The second kappa shape index (κ2) is 1.74. The summed E-state index contributed by atoms with van der Waals surface area (Å²) in [5.74, 6) is 4.06. The van der Waals surface area contributed by atoms with Crippen LogP contribution in [0.25, 0.3) is 0 Å². The Hall–Kier alpha value is -0.0800. The standard InChI is InChI=1S/C8H13NO/c1-6-7(2-9-1)8(6)5-3-10-4-5/h5-9H,1-4H2. The third kappa shape index (κ3) is 0.565. The molecule has 0 aromatic rings. The summed E-state index contributed by atoms with van der Waals surface area (Å²) < 4.78 is 5.18. The van der Waals surface area contributed by atoms with Crippen LogP contribution in [0.3, 0.4) is 0 Å². The molecule has 1 saturated carbocycles. The number of nitrogens with one attached hydrogen (secondary N) is 1. The summed E-state index contributed by atoms with van der Waals surface area (Å²) >= 11 is 0. The van der Waals surface area contributed by atoms with E-state index >= 15 is 0 Å². The van der Waals surface area contributed by atoms with Crippen molar-refractivity contribution in [2.75, 3.05) is 26.3 Å². The predicted octanol–water partition coefficient (Wildman–Crippen LogP) is 0.0982. The van der Waals surface area contributed by atoms with Crippen molar-refractivity contribution in [1.29, 1.82) is 0 Å². The topological polar surface area (TPSA) is 21.3 Å². The van der Waals surface area contributed by atoms with Gasteiger partial charge in [0, 0.05) is 5.92 Å². The van der Waals surface area contributed by atoms with E-state index in [2.05, 4.69) is 5.32 Å². The van der Waals surface area contributed by atoms with Crippen LogP contribution in [0.4, 0.5) is 0 Å². The largest absolute Gasteiger partial charge is 0.381 e. The number of piperidine rings is 1. The van der Waals surface area contributed by atoms with Crippen LogP contribution in [0.15, 0.2) is 0 Å². The van der Waals surface area contributed by atoms with Gasteiger partial charge in [0.1, 0.15) is 0 Å². The first kappa shape index (κ1) is 5.56. The second-order valence-electron chi connectivity index (χ2n) is 3.86. The van der Waals surface area contributed by atoms with E-state index in [4.69, 9.17) is 4.74 Å². The van der Waals surface area contributed by atoms with Crippen LogP contribution in [-0.2, 0) is 4.74 Å². The van der Waals surface area contributed by atoms with Crippen LogP contribution in [0.5, 0.6) is 0 Å². The van der Waals surface area contributed by atoms with E-state index in [0.29, 0.717) is 0 Å². The lowest BCUT2D eigenvalue weighted by atomic mass is 9.99. The number of rotatable bonds is 1. The molecule has 10 heavy (non-hydrogen) atoms. The summed E-state index contributed by atoms with van der Waals surface area (Å²) in [4.78, 5) is 0. The smallest absolute Gasteiger partial charge is 0.0519 e. The fraction of sp³-hybridized carbons (Fsp3) is 1.00. The van der Waals surface area contributed by atoms with Crippen molar-refractivity contribution in [1.82, 2.24) is 5.32 Å². The lowest BCUT2D eigenvalue weighted by Crippen LogP contribution is -2.32. The van der Waals surface area contributed by atoms with E-state index in [1.807, 2.05) is 0 Å². The highest BCUT2D eigenvalue weighted by molar-refractivity contribution is 5.07. The van der Waals surface area contributed by atoms with Crippen molar-refractivity contribution < 1.29 is 4.74 Å². The van der Waals surface area contributed by atoms with Crippen LogP contribution >= 0.6 is 0 Å². The highest BCUT2D eigenvalue weighted by Gasteiger charge is 2.57. The molecule has 2 unspecified atom stereocenters. The Morgan fingerprint density at radius 1 is 1.10 bits per heavy atom. The number of hydrogen-bond donors (Lipinski definition) is 1. The van der Waals surface area contributed by atoms with Crippen molar-refractivity contribution in [3.05, 3.63) is 0 Å². The van der Waals surface area contributed by atoms with Gasteiger partial charge in [0.05, 0.1) is 13.2 Å². The number of ether oxygens (including phenoxy) is 1. The zero-order valence-corrected chi connectivity index (χ0v) is 6.05. The summed E-state index contributed by atoms with van der Waals surface area (Å²) in [7, 11) is 0. The minimum absolute atomic E-state index is 0.942. The lowest BCUT2D eigenvalue weighted by Gasteiger charge is -2.27. The van der Waals surface area contributed by atoms with E-state index in [1.165, 1.54) is 13.1 Å². The minimum Gasteiger partial charge on any atom is -0.381 e. The van der Waals surface area contributed by atoms with Crippen molar-refractivity contribution >= 4 is 0 Å². The Balaban J connectivity index is 1.66. The molecule has 1 aliphatic carbocycles. The van der Waals surface area contributed by atoms with Crippen molar-refractivity contribution in [2.45, 2.75) is 0 Å². The molecular formula is C8H13NO. The number of fused-ring (bicyclic) bond motifs is 1. The molecule has 0 amide bonds. The summed E-state index contributed by atoms with van der Waals surface area (Å²) in [6, 6.07) is 0. The fourth-order valence-corrected chi connectivity index (χ4v) is 2.64. The quantitative estimate of drug-likeness (QED) is 0.556. The summed E-state index contributed by atoms with van der Waals surface area (Å²) in [6.45, 7) is 4.67. The third-order valence-electron chi connectivity index (χ3n) is 3.37. The van der Waals surface area contributed by atoms with E-state index < -0.39 is 0 Å². The predicted molar refractivity (Wildman–Crippen MR) is 37.6 cm³/mol. The Bertz CT molecular complexity index is 143. The maximum absolute atomic E-state index is 5.18. The third-order valence-corrected chi connectivity index (χ3v) is 3.37. The van der Waals surface area contributed by atoms with Crippen LogP contribution in [0.1, 0.15) is 0 Å². The van der Waals surface area contributed by atoms with Crippen LogP contribution < -0.4 is 5.32 Å². The van der Waals surface area contributed by atoms with Gasteiger partial charge in [0.15, 0.2) is 0 Å². The first-order chi connectivity index (χ1) is 4.97. The monoisotopic (exact) mass is 139 g/mol. The molecule has 3 rings (SSSR count). The van der Waals surface area contributed by atoms with Crippen molar-refractivity contribution in [3.63, 3.8) is 0 Å². The molecule has 0 radical (unpaired) electrons. The van der Waals surface area contributed by atoms with E-state index in [-0.39, 0.29) is 0 Å². The van der Waals surface area contributed by atoms with Gasteiger partial charge < -0.3 is 10.1 Å². The first-order valence-corrected chi connectivity index (χ1v) is 4.25. The Morgan fingerprint density at radius 2 is 1.80 bits per heavy atom. The Labute approximate surface area is 60.9 Å². The molecule has 2 heteroatoms. The molecule has 0 spiro atoms. The van der Waals surface area contributed by atoms with Crippen LogP contribution in [0, 0.1) is 23.7 Å². The van der Waals surface area contributed by atoms with Gasteiger partial charge in [-0.05, 0) is 30.8 Å². The van der Waals surface area contributed by atoms with Gasteiger partial charge in [-0.25, -0.2) is 0 Å². The zero-order valence-electron chi connectivity index (χ0n) is 6.05. The fourth-order valence-electron chi connectivity index (χ4n) is 2.64. The van der Waals surface area contributed by atoms with Gasteiger partial charge in [-0.1, -0.05) is 0 Å². The highest BCUT2D eigenvalue weighted by Crippen LogP contribution is 2.54. The van der Waals surface area contributed by atoms with Crippen molar-refractivity contribution in [3.8, 4) is 0 Å². The highest BCUT2D eigenvalue weighted by atomic mass is 16.5. The normalized spacial score (nSPS) is 52.2. The molecule has 2 heterocycles. The van der Waals surface area contributed by atoms with Gasteiger partial charge in [-0.15, -0.1) is 0 Å². The van der Waals surface area contributed by atoms with Gasteiger partial charge in [-0.2, -0.15) is 0 Å². The lowest BCUT2D eigenvalue weighted by molar-refractivity contribution is -0.0477. The molecule has 0 bridgehead atoms. The molecule has 56 valence electrons. The molecule has 0 aromatic carbocycles. The Morgan fingerprint density at radius 3 is 2.30 bits per heavy atom. The van der Waals surface area contributed by atoms with Gasteiger partial charge in [0.25, 0.3) is 0 Å². The second-order valence-corrected chi connectivity index (χ2v) is 3.86. The van der Waals surface area contributed by atoms with Gasteiger partial charge >= 0.3 is 0 Å². The minimum atomic E-state index is 0.942. The van der Waals surface area contributed by atoms with E-state index in [1.54, 1.807) is 0 Å². The number of hydrogen-bond acceptors (Lipinski definition) is 2. The maximum Gasteiger partial charge on any atom is 0.0519 e. The summed E-state index contributed by atoms with van der Waals surface area (Å²) in [5.41, 5.74) is 0. The molecule has 3 aliphatic rings. The molecular weight excluding hydrogens is 126 g/mol. The molecule has 3 fully saturated rings. The average molecular weight is 139 g/mol. The molecule has 0 aromatic heterocycles. The van der Waals surface area contributed by atoms with Crippen LogP contribution in [-0.4, -0.2) is 26.3 Å². The van der Waals surface area contributed by atoms with E-state index in [9.17, 15) is 0 Å². The van der Waals surface area contributed by atoms with E-state index in [0.717, 1.165) is 36.9 Å². The molecule has 2 nitrogen and oxygen atoms in total. The first-order valence-electron chi connectivity index (χ1n) is 4.25. The average Bonchev–Trinajstić information content (AvgIpc) is 2.38. The van der Waals surface area contributed by atoms with Crippen molar-refractivity contribution in [2.24, 2.45) is 23.7 Å². The SMILES string of the molecule is C1OCC1C1C2CNCC21. The molecule has 2 aliphatic heterocycles. The molecule has 2 atom stereocenters. The Kier molecular flexibility index (Phi) is 0.968. The summed E-state index contributed by atoms with van der Waals surface area (Å²) in [6.07, 6.45) is 0. The molecule has 1 N–H and O–H groups in total. The molecule has 2 saturated heterocycles. The zero-order chi connectivity index (χ0) is 6.55. The van der Waals surface area contributed by atoms with Crippen LogP contribution in [0.2, 0.25) is 0 Å². The maximum atomic E-state index is 5.18. The summed E-state index contributed by atoms with van der Waals surface area (Å²) in [5, 5.41) is 3.41. The van der Waals surface area contributed by atoms with Gasteiger partial charge in [-0.3, -0.25) is 0 Å².